The Kier molecular flexibility index (Phi) is 6.35. The topological polar surface area (TPSA) is 87.7 Å². The lowest BCUT2D eigenvalue weighted by Crippen LogP contribution is -2.28. The lowest BCUT2D eigenvalue weighted by atomic mass is 10.1. The third-order valence-electron chi connectivity index (χ3n) is 2.41. The Morgan fingerprint density at radius 3 is 2.48 bits per heavy atom. The van der Waals surface area contributed by atoms with Gasteiger partial charge < -0.3 is 16.3 Å². The summed E-state index contributed by atoms with van der Waals surface area (Å²) in [4.78, 5) is 11.5. The van der Waals surface area contributed by atoms with Gasteiger partial charge in [0.25, 0.3) is 0 Å². The minimum Gasteiger partial charge on any atom is -0.409 e. The molecule has 0 bridgehead atoms. The van der Waals surface area contributed by atoms with E-state index in [1.54, 1.807) is 24.3 Å². The van der Waals surface area contributed by atoms with E-state index < -0.39 is 5.51 Å². The molecule has 0 heterocycles. The molecular weight excluding hydrogens is 307 g/mol. The number of hydrogen-bond acceptors (Lipinski definition) is 4. The maximum atomic E-state index is 11.9. The van der Waals surface area contributed by atoms with E-state index >= 15 is 0 Å². The summed E-state index contributed by atoms with van der Waals surface area (Å²) in [5.41, 5.74) is 2.28. The highest BCUT2D eigenvalue weighted by atomic mass is 32.2. The predicted molar refractivity (Wildman–Crippen MR) is 74.2 cm³/mol. The maximum absolute atomic E-state index is 11.9. The zero-order valence-corrected chi connectivity index (χ0v) is 11.7. The van der Waals surface area contributed by atoms with Crippen LogP contribution in [0.5, 0.6) is 0 Å². The molecule has 0 atom stereocenters. The van der Waals surface area contributed by atoms with Crippen molar-refractivity contribution >= 4 is 23.5 Å². The van der Waals surface area contributed by atoms with Crippen LogP contribution in [0.3, 0.4) is 0 Å². The molecule has 21 heavy (non-hydrogen) atoms. The second-order valence-electron chi connectivity index (χ2n) is 4.00. The van der Waals surface area contributed by atoms with Crippen molar-refractivity contribution in [3.63, 3.8) is 0 Å². The molecule has 5 nitrogen and oxygen atoms in total. The van der Waals surface area contributed by atoms with E-state index in [2.05, 4.69) is 10.5 Å². The number of carbonyl (C=O) groups excluding carboxylic acids is 1. The van der Waals surface area contributed by atoms with Gasteiger partial charge >= 0.3 is 5.51 Å². The monoisotopic (exact) mass is 321 g/mol. The predicted octanol–water partition coefficient (Wildman–Crippen LogP) is 1.69. The number of nitrogens with one attached hydrogen (secondary N) is 1. The molecule has 9 heteroatoms. The number of amidine groups is 1. The SMILES string of the molecule is N/C(=N/O)c1ccc(CC(=O)NCCSC(F)(F)F)cc1. The molecule has 0 aromatic heterocycles. The lowest BCUT2D eigenvalue weighted by Gasteiger charge is -2.07. The van der Waals surface area contributed by atoms with Gasteiger partial charge in [-0.3, -0.25) is 4.79 Å². The Balaban J connectivity index is 2.38. The van der Waals surface area contributed by atoms with Crippen molar-refractivity contribution in [1.29, 1.82) is 0 Å². The summed E-state index contributed by atoms with van der Waals surface area (Å²) in [5.74, 6) is -0.637. The van der Waals surface area contributed by atoms with Gasteiger partial charge in [0.05, 0.1) is 6.42 Å². The normalized spacial score (nSPS) is 12.2. The molecule has 0 saturated carbocycles. The first kappa shape index (κ1) is 17.2. The Morgan fingerprint density at radius 2 is 1.95 bits per heavy atom. The van der Waals surface area contributed by atoms with E-state index in [4.69, 9.17) is 10.9 Å². The lowest BCUT2D eigenvalue weighted by molar-refractivity contribution is -0.120. The number of carbonyl (C=O) groups is 1. The summed E-state index contributed by atoms with van der Waals surface area (Å²) in [6.07, 6.45) is 0.0487. The van der Waals surface area contributed by atoms with Crippen molar-refractivity contribution in [2.75, 3.05) is 12.3 Å². The Labute approximate surface area is 123 Å². The minimum absolute atomic E-state index is 0.0461. The molecule has 1 amide bonds. The molecule has 0 fully saturated rings. The summed E-state index contributed by atoms with van der Waals surface area (Å²) < 4.78 is 35.6. The fourth-order valence-corrected chi connectivity index (χ4v) is 1.89. The number of amides is 1. The van der Waals surface area contributed by atoms with Gasteiger partial charge in [-0.05, 0) is 17.3 Å². The molecule has 4 N–H and O–H groups in total. The first-order chi connectivity index (χ1) is 9.81. The minimum atomic E-state index is -4.28. The van der Waals surface area contributed by atoms with Gasteiger partial charge in [-0.2, -0.15) is 13.2 Å². The van der Waals surface area contributed by atoms with Crippen molar-refractivity contribution in [1.82, 2.24) is 5.32 Å². The average molecular weight is 321 g/mol. The molecule has 0 aliphatic carbocycles. The van der Waals surface area contributed by atoms with Gasteiger partial charge in [-0.15, -0.1) is 0 Å². The summed E-state index contributed by atoms with van der Waals surface area (Å²) >= 11 is -0.176. The van der Waals surface area contributed by atoms with E-state index in [-0.39, 0.29) is 42.2 Å². The van der Waals surface area contributed by atoms with E-state index in [0.717, 1.165) is 0 Å². The first-order valence-electron chi connectivity index (χ1n) is 5.86. The van der Waals surface area contributed by atoms with Gasteiger partial charge in [-0.25, -0.2) is 0 Å². The second kappa shape index (κ2) is 7.77. The van der Waals surface area contributed by atoms with E-state index in [9.17, 15) is 18.0 Å². The van der Waals surface area contributed by atoms with Crippen molar-refractivity contribution in [2.45, 2.75) is 11.9 Å². The summed E-state index contributed by atoms with van der Waals surface area (Å²) in [6.45, 7) is -0.0504. The van der Waals surface area contributed by atoms with Gasteiger partial charge in [-0.1, -0.05) is 29.4 Å². The number of halogens is 3. The smallest absolute Gasteiger partial charge is 0.409 e. The van der Waals surface area contributed by atoms with Crippen LogP contribution in [-0.4, -0.2) is 34.8 Å². The number of rotatable bonds is 6. The molecule has 0 unspecified atom stereocenters. The largest absolute Gasteiger partial charge is 0.441 e. The molecule has 1 rings (SSSR count). The van der Waals surface area contributed by atoms with E-state index in [1.807, 2.05) is 0 Å². The second-order valence-corrected chi connectivity index (χ2v) is 5.16. The zero-order chi connectivity index (χ0) is 15.9. The third-order valence-corrected chi connectivity index (χ3v) is 3.15. The Morgan fingerprint density at radius 1 is 1.33 bits per heavy atom. The molecular formula is C12H14F3N3O2S. The highest BCUT2D eigenvalue weighted by Crippen LogP contribution is 2.29. The highest BCUT2D eigenvalue weighted by Gasteiger charge is 2.27. The first-order valence-corrected chi connectivity index (χ1v) is 6.84. The van der Waals surface area contributed by atoms with Crippen molar-refractivity contribution in [2.24, 2.45) is 10.9 Å². The van der Waals surface area contributed by atoms with Crippen LogP contribution >= 0.6 is 11.8 Å². The van der Waals surface area contributed by atoms with Crippen LogP contribution in [0.2, 0.25) is 0 Å². The van der Waals surface area contributed by atoms with Gasteiger partial charge in [0.1, 0.15) is 0 Å². The third kappa shape index (κ3) is 6.89. The van der Waals surface area contributed by atoms with Crippen molar-refractivity contribution in [3.05, 3.63) is 35.4 Å². The van der Waals surface area contributed by atoms with Crippen LogP contribution in [0.25, 0.3) is 0 Å². The summed E-state index contributed by atoms with van der Waals surface area (Å²) in [7, 11) is 0. The van der Waals surface area contributed by atoms with Crippen molar-refractivity contribution < 1.29 is 23.2 Å². The molecule has 0 aliphatic rings. The highest BCUT2D eigenvalue weighted by molar-refractivity contribution is 8.00. The van der Waals surface area contributed by atoms with Gasteiger partial charge in [0.15, 0.2) is 5.84 Å². The van der Waals surface area contributed by atoms with Crippen molar-refractivity contribution in [3.8, 4) is 0 Å². The average Bonchev–Trinajstić information content (AvgIpc) is 2.42. The maximum Gasteiger partial charge on any atom is 0.441 e. The molecule has 0 saturated heterocycles. The molecule has 116 valence electrons. The fraction of sp³-hybridized carbons (Fsp3) is 0.333. The quantitative estimate of drug-likeness (QED) is 0.245. The zero-order valence-electron chi connectivity index (χ0n) is 10.9. The number of hydrogen-bond donors (Lipinski definition) is 3. The number of benzene rings is 1. The Hall–Kier alpha value is -1.90. The van der Waals surface area contributed by atoms with Crippen LogP contribution in [-0.2, 0) is 11.2 Å². The molecule has 0 radical (unpaired) electrons. The molecule has 0 spiro atoms. The molecule has 0 aliphatic heterocycles. The summed E-state index contributed by atoms with van der Waals surface area (Å²) in [6, 6.07) is 6.41. The fourth-order valence-electron chi connectivity index (χ4n) is 1.46. The van der Waals surface area contributed by atoms with Gasteiger partial charge in [0, 0.05) is 17.9 Å². The molecule has 1 aromatic carbocycles. The van der Waals surface area contributed by atoms with Crippen LogP contribution < -0.4 is 11.1 Å². The van der Waals surface area contributed by atoms with E-state index in [0.29, 0.717) is 11.1 Å². The number of alkyl halides is 3. The van der Waals surface area contributed by atoms with Crippen LogP contribution in [0.1, 0.15) is 11.1 Å². The van der Waals surface area contributed by atoms with Crippen LogP contribution in [0.15, 0.2) is 29.4 Å². The molecule has 1 aromatic rings. The van der Waals surface area contributed by atoms with E-state index in [1.165, 1.54) is 0 Å². The standard InChI is InChI=1S/C12H14F3N3O2S/c13-12(14,15)21-6-5-17-10(19)7-8-1-3-9(4-2-8)11(16)18-20/h1-4,20H,5-7H2,(H2,16,18)(H,17,19). The Bertz CT molecular complexity index is 503. The van der Waals surface area contributed by atoms with Crippen LogP contribution in [0.4, 0.5) is 13.2 Å². The van der Waals surface area contributed by atoms with Gasteiger partial charge in [0.2, 0.25) is 5.91 Å². The van der Waals surface area contributed by atoms with Crippen LogP contribution in [0, 0.1) is 0 Å². The number of nitrogens with zero attached hydrogens (tertiary/aromatic N) is 1. The summed E-state index contributed by atoms with van der Waals surface area (Å²) in [5, 5.41) is 13.7. The number of nitrogens with two attached hydrogens (primary N) is 1. The number of thioether (sulfide) groups is 1. The number of oxime groups is 1.